The van der Waals surface area contributed by atoms with Gasteiger partial charge in [0, 0.05) is 41.1 Å². The zero-order chi connectivity index (χ0) is 26.5. The fourth-order valence-corrected chi connectivity index (χ4v) is 8.26. The SMILES string of the molecule is c1ccc(-c2cc3c(s2)c(-c2ccccc2)c(-c2ccccc2)c2sc(-c4ccc5ccccc5c4)cc23)cc1. The molecule has 40 heavy (non-hydrogen) atoms. The van der Waals surface area contributed by atoms with Gasteiger partial charge in [0.2, 0.25) is 0 Å². The van der Waals surface area contributed by atoms with E-state index in [2.05, 4.69) is 146 Å². The first-order chi connectivity index (χ1) is 19.8. The molecule has 0 unspecified atom stereocenters. The number of hydrogen-bond donors (Lipinski definition) is 0. The van der Waals surface area contributed by atoms with Crippen LogP contribution in [0, 0.1) is 0 Å². The van der Waals surface area contributed by atoms with Crippen molar-refractivity contribution in [2.24, 2.45) is 0 Å². The molecule has 0 aliphatic rings. The van der Waals surface area contributed by atoms with Gasteiger partial charge in [-0.2, -0.15) is 0 Å². The largest absolute Gasteiger partial charge is 0.135 e. The van der Waals surface area contributed by atoms with Gasteiger partial charge in [0.25, 0.3) is 0 Å². The summed E-state index contributed by atoms with van der Waals surface area (Å²) in [7, 11) is 0. The highest BCUT2D eigenvalue weighted by Gasteiger charge is 2.22. The second kappa shape index (κ2) is 9.60. The summed E-state index contributed by atoms with van der Waals surface area (Å²) in [5, 5.41) is 5.22. The molecule has 8 rings (SSSR count). The lowest BCUT2D eigenvalue weighted by Crippen LogP contribution is -1.87. The third kappa shape index (κ3) is 3.88. The molecule has 188 valence electrons. The molecule has 0 atom stereocenters. The molecule has 0 aliphatic carbocycles. The summed E-state index contributed by atoms with van der Waals surface area (Å²) in [6.45, 7) is 0. The Labute approximate surface area is 241 Å². The van der Waals surface area contributed by atoms with Crippen LogP contribution in [0.25, 0.3) is 74.1 Å². The maximum absolute atomic E-state index is 2.43. The van der Waals surface area contributed by atoms with E-state index in [-0.39, 0.29) is 0 Å². The Morgan fingerprint density at radius 2 is 0.775 bits per heavy atom. The highest BCUT2D eigenvalue weighted by molar-refractivity contribution is 7.25. The first-order valence-electron chi connectivity index (χ1n) is 13.5. The van der Waals surface area contributed by atoms with Gasteiger partial charge >= 0.3 is 0 Å². The van der Waals surface area contributed by atoms with Gasteiger partial charge in [0.05, 0.1) is 0 Å². The van der Waals surface area contributed by atoms with Crippen molar-refractivity contribution in [1.29, 1.82) is 0 Å². The molecule has 0 amide bonds. The summed E-state index contributed by atoms with van der Waals surface area (Å²) in [6.07, 6.45) is 0. The lowest BCUT2D eigenvalue weighted by molar-refractivity contribution is 1.65. The lowest BCUT2D eigenvalue weighted by Gasteiger charge is -2.14. The van der Waals surface area contributed by atoms with Crippen LogP contribution in [0.2, 0.25) is 0 Å². The van der Waals surface area contributed by atoms with Crippen molar-refractivity contribution in [3.63, 3.8) is 0 Å². The van der Waals surface area contributed by atoms with E-state index in [4.69, 9.17) is 0 Å². The van der Waals surface area contributed by atoms with Crippen LogP contribution in [0.3, 0.4) is 0 Å². The summed E-state index contributed by atoms with van der Waals surface area (Å²) >= 11 is 3.82. The maximum atomic E-state index is 2.43. The first-order valence-corrected chi connectivity index (χ1v) is 15.2. The molecule has 0 bridgehead atoms. The summed E-state index contributed by atoms with van der Waals surface area (Å²) < 4.78 is 2.69. The standard InChI is InChI=1S/C38H24S2/c1-4-13-26(14-5-1)33-23-31-32-24-34(30-21-20-25-12-10-11-19-29(25)22-30)40-38(32)36(28-17-8-3-9-18-28)35(37(31)39-33)27-15-6-2-7-16-27/h1-24H. The predicted molar refractivity (Wildman–Crippen MR) is 176 cm³/mol. The van der Waals surface area contributed by atoms with E-state index < -0.39 is 0 Å². The second-order valence-electron chi connectivity index (χ2n) is 10.1. The minimum absolute atomic E-state index is 1.26. The van der Waals surface area contributed by atoms with E-state index in [1.807, 2.05) is 22.7 Å². The molecule has 0 fully saturated rings. The average Bonchev–Trinajstić information content (AvgIpc) is 3.67. The monoisotopic (exact) mass is 544 g/mol. The average molecular weight is 545 g/mol. The van der Waals surface area contributed by atoms with Crippen LogP contribution in [0.5, 0.6) is 0 Å². The van der Waals surface area contributed by atoms with E-state index in [0.717, 1.165) is 0 Å². The first kappa shape index (κ1) is 23.4. The van der Waals surface area contributed by atoms with E-state index in [1.54, 1.807) is 0 Å². The van der Waals surface area contributed by atoms with Crippen LogP contribution in [-0.4, -0.2) is 0 Å². The van der Waals surface area contributed by atoms with Crippen LogP contribution >= 0.6 is 22.7 Å². The van der Waals surface area contributed by atoms with E-state index in [9.17, 15) is 0 Å². The van der Waals surface area contributed by atoms with Crippen LogP contribution in [0.1, 0.15) is 0 Å². The van der Waals surface area contributed by atoms with Crippen molar-refractivity contribution in [3.05, 3.63) is 146 Å². The summed E-state index contributed by atoms with van der Waals surface area (Å²) in [6, 6.07) is 53.0. The Kier molecular flexibility index (Phi) is 5.62. The summed E-state index contributed by atoms with van der Waals surface area (Å²) in [5.41, 5.74) is 7.71. The molecule has 0 radical (unpaired) electrons. The normalized spacial score (nSPS) is 11.5. The third-order valence-electron chi connectivity index (χ3n) is 7.68. The number of thiophene rings is 2. The highest BCUT2D eigenvalue weighted by Crippen LogP contribution is 2.52. The number of rotatable bonds is 4. The summed E-state index contributed by atoms with van der Waals surface area (Å²) in [5.74, 6) is 0. The molecular weight excluding hydrogens is 521 g/mol. The smallest absolute Gasteiger partial charge is 0.0441 e. The van der Waals surface area contributed by atoms with E-state index in [1.165, 1.54) is 74.1 Å². The van der Waals surface area contributed by atoms with Gasteiger partial charge in [0.1, 0.15) is 0 Å². The van der Waals surface area contributed by atoms with Gasteiger partial charge < -0.3 is 0 Å². The fraction of sp³-hybridized carbons (Fsp3) is 0. The molecular formula is C38H24S2. The fourth-order valence-electron chi connectivity index (χ4n) is 5.77. The number of fused-ring (bicyclic) bond motifs is 4. The quantitative estimate of drug-likeness (QED) is 0.207. The van der Waals surface area contributed by atoms with Crippen LogP contribution in [0.15, 0.2) is 146 Å². The Balaban J connectivity index is 1.50. The Morgan fingerprint density at radius 1 is 0.325 bits per heavy atom. The van der Waals surface area contributed by atoms with E-state index >= 15 is 0 Å². The van der Waals surface area contributed by atoms with E-state index in [0.29, 0.717) is 0 Å². The van der Waals surface area contributed by atoms with Crippen molar-refractivity contribution in [1.82, 2.24) is 0 Å². The molecule has 2 aromatic heterocycles. The van der Waals surface area contributed by atoms with Gasteiger partial charge in [0.15, 0.2) is 0 Å². The lowest BCUT2D eigenvalue weighted by atomic mass is 9.91. The topological polar surface area (TPSA) is 0 Å². The van der Waals surface area contributed by atoms with Crippen molar-refractivity contribution in [2.75, 3.05) is 0 Å². The third-order valence-corrected chi connectivity index (χ3v) is 10.1. The minimum Gasteiger partial charge on any atom is -0.135 e. The highest BCUT2D eigenvalue weighted by atomic mass is 32.1. The molecule has 0 saturated carbocycles. The zero-order valence-electron chi connectivity index (χ0n) is 21.7. The Morgan fingerprint density at radius 3 is 1.32 bits per heavy atom. The van der Waals surface area contributed by atoms with Crippen LogP contribution in [0.4, 0.5) is 0 Å². The summed E-state index contributed by atoms with van der Waals surface area (Å²) in [4.78, 5) is 2.61. The van der Waals surface area contributed by atoms with Gasteiger partial charge in [-0.1, -0.05) is 127 Å². The van der Waals surface area contributed by atoms with Crippen LogP contribution < -0.4 is 0 Å². The molecule has 8 aromatic rings. The molecule has 0 N–H and O–H groups in total. The van der Waals surface area contributed by atoms with Crippen LogP contribution in [-0.2, 0) is 0 Å². The zero-order valence-corrected chi connectivity index (χ0v) is 23.3. The van der Waals surface area contributed by atoms with Gasteiger partial charge in [-0.25, -0.2) is 0 Å². The van der Waals surface area contributed by atoms with Crippen molar-refractivity contribution >= 4 is 53.6 Å². The number of hydrogen-bond acceptors (Lipinski definition) is 2. The molecule has 0 nitrogen and oxygen atoms in total. The van der Waals surface area contributed by atoms with Gasteiger partial charge in [-0.15, -0.1) is 22.7 Å². The van der Waals surface area contributed by atoms with Gasteiger partial charge in [-0.05, 0) is 51.2 Å². The van der Waals surface area contributed by atoms with Crippen molar-refractivity contribution in [3.8, 4) is 43.1 Å². The maximum Gasteiger partial charge on any atom is 0.0441 e. The molecule has 0 aliphatic heterocycles. The van der Waals surface area contributed by atoms with Gasteiger partial charge in [-0.3, -0.25) is 0 Å². The molecule has 6 aromatic carbocycles. The Hall–Kier alpha value is -4.50. The predicted octanol–water partition coefficient (Wildman–Crippen LogP) is 11.9. The molecule has 0 saturated heterocycles. The van der Waals surface area contributed by atoms with Crippen molar-refractivity contribution in [2.45, 2.75) is 0 Å². The molecule has 2 heterocycles. The minimum atomic E-state index is 1.26. The van der Waals surface area contributed by atoms with Crippen molar-refractivity contribution < 1.29 is 0 Å². The second-order valence-corrected chi connectivity index (χ2v) is 12.2. The Bertz CT molecular complexity index is 2130. The number of benzene rings is 6. The molecule has 0 spiro atoms. The molecule has 2 heteroatoms.